The summed E-state index contributed by atoms with van der Waals surface area (Å²) in [5.74, 6) is -0.736. The van der Waals surface area contributed by atoms with Gasteiger partial charge in [-0.05, 0) is 6.92 Å². The Kier molecular flexibility index (Phi) is 4.44. The van der Waals surface area contributed by atoms with E-state index in [1.165, 1.54) is 13.8 Å². The maximum atomic E-state index is 11.0. The third kappa shape index (κ3) is 3.39. The van der Waals surface area contributed by atoms with Crippen LogP contribution >= 0.6 is 0 Å². The second kappa shape index (κ2) is 5.44. The van der Waals surface area contributed by atoms with Gasteiger partial charge in [-0.25, -0.2) is 0 Å². The molecule has 7 heteroatoms. The Labute approximate surface area is 99.1 Å². The lowest BCUT2D eigenvalue weighted by Crippen LogP contribution is -2.67. The average molecular weight is 246 g/mol. The van der Waals surface area contributed by atoms with E-state index in [2.05, 4.69) is 10.6 Å². The number of ether oxygens (including phenoxy) is 1. The predicted octanol–water partition coefficient (Wildman–Crippen LogP) is -1.91. The summed E-state index contributed by atoms with van der Waals surface area (Å²) in [6.07, 6.45) is -2.90. The summed E-state index contributed by atoms with van der Waals surface area (Å²) in [7, 11) is 0. The molecule has 0 saturated carbocycles. The van der Waals surface area contributed by atoms with Crippen LogP contribution in [0.15, 0.2) is 0 Å². The molecule has 5 atom stereocenters. The Bertz CT molecular complexity index is 309. The van der Waals surface area contributed by atoms with Gasteiger partial charge in [0, 0.05) is 13.8 Å². The lowest BCUT2D eigenvalue weighted by molar-refractivity contribution is -0.217. The van der Waals surface area contributed by atoms with E-state index in [1.807, 2.05) is 0 Å². The number of amides is 2. The van der Waals surface area contributed by atoms with Gasteiger partial charge in [0.2, 0.25) is 11.8 Å². The zero-order valence-corrected chi connectivity index (χ0v) is 10.0. The minimum absolute atomic E-state index is 0.356. The fourth-order valence-electron chi connectivity index (χ4n) is 1.87. The van der Waals surface area contributed by atoms with Crippen LogP contribution in [0.2, 0.25) is 0 Å². The molecule has 0 aliphatic carbocycles. The molecule has 1 fully saturated rings. The molecule has 0 unspecified atom stereocenters. The van der Waals surface area contributed by atoms with E-state index in [0.29, 0.717) is 0 Å². The van der Waals surface area contributed by atoms with Crippen molar-refractivity contribution >= 4 is 11.8 Å². The normalized spacial score (nSPS) is 37.4. The van der Waals surface area contributed by atoms with E-state index in [-0.39, 0.29) is 11.8 Å². The van der Waals surface area contributed by atoms with Crippen LogP contribution in [0.3, 0.4) is 0 Å². The first kappa shape index (κ1) is 13.9. The van der Waals surface area contributed by atoms with Crippen LogP contribution in [0.1, 0.15) is 20.8 Å². The number of rotatable bonds is 2. The molecule has 98 valence electrons. The topological polar surface area (TPSA) is 108 Å². The molecule has 1 aliphatic rings. The van der Waals surface area contributed by atoms with Crippen LogP contribution in [0.4, 0.5) is 0 Å². The summed E-state index contributed by atoms with van der Waals surface area (Å²) in [5.41, 5.74) is 0. The van der Waals surface area contributed by atoms with E-state index in [1.54, 1.807) is 6.92 Å². The fraction of sp³-hybridized carbons (Fsp3) is 0.800. The molecule has 2 amide bonds. The van der Waals surface area contributed by atoms with Gasteiger partial charge in [0.05, 0.1) is 12.1 Å². The van der Waals surface area contributed by atoms with Gasteiger partial charge < -0.3 is 25.6 Å². The van der Waals surface area contributed by atoms with E-state index < -0.39 is 30.6 Å². The van der Waals surface area contributed by atoms with Crippen molar-refractivity contribution in [3.8, 4) is 0 Å². The highest BCUT2D eigenvalue weighted by Gasteiger charge is 2.43. The van der Waals surface area contributed by atoms with Gasteiger partial charge in [-0.15, -0.1) is 0 Å². The van der Waals surface area contributed by atoms with Gasteiger partial charge in [0.25, 0.3) is 0 Å². The second-order valence-electron chi connectivity index (χ2n) is 4.17. The number of aliphatic hydroxyl groups is 2. The number of hydrogen-bond acceptors (Lipinski definition) is 5. The monoisotopic (exact) mass is 246 g/mol. The fourth-order valence-corrected chi connectivity index (χ4v) is 1.87. The van der Waals surface area contributed by atoms with Crippen LogP contribution in [0, 0.1) is 0 Å². The Morgan fingerprint density at radius 1 is 1.06 bits per heavy atom. The van der Waals surface area contributed by atoms with Gasteiger partial charge in [-0.1, -0.05) is 0 Å². The third-order valence-electron chi connectivity index (χ3n) is 2.64. The largest absolute Gasteiger partial charge is 0.388 e. The quantitative estimate of drug-likeness (QED) is 0.455. The van der Waals surface area contributed by atoms with Gasteiger partial charge in [0.1, 0.15) is 12.1 Å². The van der Waals surface area contributed by atoms with Crippen LogP contribution in [-0.4, -0.2) is 52.6 Å². The summed E-state index contributed by atoms with van der Waals surface area (Å²) in [6.45, 7) is 4.15. The highest BCUT2D eigenvalue weighted by Crippen LogP contribution is 2.19. The number of carbonyl (C=O) groups is 2. The summed E-state index contributed by atoms with van der Waals surface area (Å²) < 4.78 is 5.06. The number of nitrogens with one attached hydrogen (secondary N) is 2. The Balaban J connectivity index is 2.86. The first-order chi connectivity index (χ1) is 7.82. The molecule has 1 aliphatic heterocycles. The second-order valence-corrected chi connectivity index (χ2v) is 4.17. The molecule has 0 aromatic heterocycles. The summed E-state index contributed by atoms with van der Waals surface area (Å²) in [5, 5.41) is 24.5. The summed E-state index contributed by atoms with van der Waals surface area (Å²) >= 11 is 0. The number of aliphatic hydroxyl groups excluding tert-OH is 2. The Morgan fingerprint density at radius 3 is 2.00 bits per heavy atom. The van der Waals surface area contributed by atoms with Crippen molar-refractivity contribution in [1.82, 2.24) is 10.6 Å². The van der Waals surface area contributed by atoms with Gasteiger partial charge in [-0.3, -0.25) is 9.59 Å². The molecule has 1 rings (SSSR count). The molecule has 1 saturated heterocycles. The molecule has 0 aromatic rings. The Hall–Kier alpha value is -1.18. The van der Waals surface area contributed by atoms with Crippen molar-refractivity contribution in [2.45, 2.75) is 51.4 Å². The molecule has 17 heavy (non-hydrogen) atoms. The molecule has 0 aromatic carbocycles. The van der Waals surface area contributed by atoms with E-state index in [4.69, 9.17) is 4.74 Å². The first-order valence-corrected chi connectivity index (χ1v) is 5.38. The van der Waals surface area contributed by atoms with Gasteiger partial charge in [0.15, 0.2) is 6.29 Å². The Morgan fingerprint density at radius 2 is 1.53 bits per heavy atom. The summed E-state index contributed by atoms with van der Waals surface area (Å²) in [4.78, 5) is 22.0. The predicted molar refractivity (Wildman–Crippen MR) is 57.8 cm³/mol. The van der Waals surface area contributed by atoms with E-state index in [0.717, 1.165) is 0 Å². The van der Waals surface area contributed by atoms with Crippen LogP contribution in [0.5, 0.6) is 0 Å². The first-order valence-electron chi connectivity index (χ1n) is 5.38. The highest BCUT2D eigenvalue weighted by molar-refractivity contribution is 5.75. The average Bonchev–Trinajstić information content (AvgIpc) is 2.19. The van der Waals surface area contributed by atoms with Crippen molar-refractivity contribution in [1.29, 1.82) is 0 Å². The minimum Gasteiger partial charge on any atom is -0.388 e. The zero-order chi connectivity index (χ0) is 13.2. The van der Waals surface area contributed by atoms with Crippen molar-refractivity contribution in [3.63, 3.8) is 0 Å². The van der Waals surface area contributed by atoms with Gasteiger partial charge in [-0.2, -0.15) is 0 Å². The molecule has 0 radical (unpaired) electrons. The maximum Gasteiger partial charge on any atom is 0.217 e. The zero-order valence-electron chi connectivity index (χ0n) is 10.0. The van der Waals surface area contributed by atoms with Crippen molar-refractivity contribution in [2.75, 3.05) is 0 Å². The smallest absolute Gasteiger partial charge is 0.217 e. The van der Waals surface area contributed by atoms with Crippen LogP contribution < -0.4 is 10.6 Å². The van der Waals surface area contributed by atoms with Crippen LogP contribution in [0.25, 0.3) is 0 Å². The molecule has 4 N–H and O–H groups in total. The van der Waals surface area contributed by atoms with E-state index >= 15 is 0 Å². The summed E-state index contributed by atoms with van der Waals surface area (Å²) in [6, 6.07) is -1.65. The highest BCUT2D eigenvalue weighted by atomic mass is 16.6. The molecular weight excluding hydrogens is 228 g/mol. The lowest BCUT2D eigenvalue weighted by Gasteiger charge is -2.42. The third-order valence-corrected chi connectivity index (χ3v) is 2.64. The van der Waals surface area contributed by atoms with Crippen LogP contribution in [-0.2, 0) is 14.3 Å². The molecular formula is C10H18N2O5. The van der Waals surface area contributed by atoms with Crippen molar-refractivity contribution < 1.29 is 24.5 Å². The molecule has 1 heterocycles. The van der Waals surface area contributed by atoms with Crippen molar-refractivity contribution in [2.24, 2.45) is 0 Å². The van der Waals surface area contributed by atoms with Crippen molar-refractivity contribution in [3.05, 3.63) is 0 Å². The molecule has 0 bridgehead atoms. The SMILES string of the molecule is CC(=O)N[C@@H]1[C@@H](O)[C@H](C)O[C@H](O)[C@@H]1NC(C)=O. The molecule has 7 nitrogen and oxygen atoms in total. The minimum atomic E-state index is -1.27. The molecule has 0 spiro atoms. The maximum absolute atomic E-state index is 11.0. The number of hydrogen-bond donors (Lipinski definition) is 4. The lowest BCUT2D eigenvalue weighted by atomic mass is 9.94. The number of carbonyl (C=O) groups excluding carboxylic acids is 2. The van der Waals surface area contributed by atoms with Gasteiger partial charge >= 0.3 is 0 Å². The standard InChI is InChI=1S/C10H18N2O5/c1-4-9(15)7(11-5(2)13)8(10(16)17-4)12-6(3)14/h4,7-10,15-16H,1-3H3,(H,11,13)(H,12,14)/t4-,7-,8+,9-,10-/m0/s1. The van der Waals surface area contributed by atoms with E-state index in [9.17, 15) is 19.8 Å².